The van der Waals surface area contributed by atoms with Crippen LogP contribution in [0.1, 0.15) is 31.2 Å². The number of hydrogen-bond acceptors (Lipinski definition) is 3. The Balaban J connectivity index is 2.08. The van der Waals surface area contributed by atoms with Gasteiger partial charge in [0.1, 0.15) is 0 Å². The maximum absolute atomic E-state index is 4.32. The molecule has 0 spiro atoms. The van der Waals surface area contributed by atoms with Gasteiger partial charge in [0.15, 0.2) is 0 Å². The minimum atomic E-state index is 0.357. The van der Waals surface area contributed by atoms with Crippen molar-refractivity contribution in [3.05, 3.63) is 30.1 Å². The van der Waals surface area contributed by atoms with E-state index in [9.17, 15) is 0 Å². The summed E-state index contributed by atoms with van der Waals surface area (Å²) in [7, 11) is 4.30. The predicted molar refractivity (Wildman–Crippen MR) is 75.8 cm³/mol. The van der Waals surface area contributed by atoms with Crippen molar-refractivity contribution in [2.75, 3.05) is 33.7 Å². The number of rotatable bonds is 5. The number of nitrogens with zero attached hydrogens (tertiary/aromatic N) is 2. The van der Waals surface area contributed by atoms with E-state index in [1.54, 1.807) is 0 Å². The second kappa shape index (κ2) is 6.30. The Hall–Kier alpha value is -0.930. The molecule has 0 amide bonds. The summed E-state index contributed by atoms with van der Waals surface area (Å²) >= 11 is 0. The lowest BCUT2D eigenvalue weighted by atomic mass is 9.70. The highest BCUT2D eigenvalue weighted by atomic mass is 15.0. The zero-order chi connectivity index (χ0) is 12.8. The molecule has 0 unspecified atom stereocenters. The zero-order valence-corrected chi connectivity index (χ0v) is 11.7. The molecule has 2 heterocycles. The van der Waals surface area contributed by atoms with Crippen LogP contribution in [0.15, 0.2) is 24.5 Å². The number of aromatic nitrogens is 1. The molecule has 0 aliphatic carbocycles. The average Bonchev–Trinajstić information content (AvgIpc) is 2.40. The standard InChI is InChI=1S/C15H25N3/c1-18(2)12-4-6-15(7-10-16-11-8-15)14-5-3-9-17-13-14/h3,5,9,13,16H,4,6-8,10-12H2,1-2H3. The minimum Gasteiger partial charge on any atom is -0.317 e. The lowest BCUT2D eigenvalue weighted by Crippen LogP contribution is -2.40. The van der Waals surface area contributed by atoms with Crippen LogP contribution in [0.25, 0.3) is 0 Å². The highest BCUT2D eigenvalue weighted by Crippen LogP contribution is 2.37. The smallest absolute Gasteiger partial charge is 0.0305 e. The van der Waals surface area contributed by atoms with Crippen molar-refractivity contribution in [1.82, 2.24) is 15.2 Å². The Labute approximate surface area is 111 Å². The fourth-order valence-electron chi connectivity index (χ4n) is 3.00. The van der Waals surface area contributed by atoms with Crippen LogP contribution in [0.4, 0.5) is 0 Å². The molecule has 1 fully saturated rings. The van der Waals surface area contributed by atoms with Crippen LogP contribution in [0.3, 0.4) is 0 Å². The van der Waals surface area contributed by atoms with Crippen molar-refractivity contribution in [1.29, 1.82) is 0 Å². The predicted octanol–water partition coefficient (Wildman–Crippen LogP) is 2.04. The van der Waals surface area contributed by atoms with Gasteiger partial charge in [-0.05, 0) is 76.5 Å². The van der Waals surface area contributed by atoms with E-state index in [0.717, 1.165) is 13.1 Å². The quantitative estimate of drug-likeness (QED) is 0.863. The van der Waals surface area contributed by atoms with Gasteiger partial charge in [0, 0.05) is 12.4 Å². The summed E-state index contributed by atoms with van der Waals surface area (Å²) in [6, 6.07) is 4.33. The van der Waals surface area contributed by atoms with E-state index in [1.165, 1.54) is 37.8 Å². The number of nitrogens with one attached hydrogen (secondary N) is 1. The van der Waals surface area contributed by atoms with E-state index in [2.05, 4.69) is 47.6 Å². The molecule has 3 nitrogen and oxygen atoms in total. The molecule has 0 atom stereocenters. The molecule has 18 heavy (non-hydrogen) atoms. The number of pyridine rings is 1. The first-order valence-corrected chi connectivity index (χ1v) is 6.99. The van der Waals surface area contributed by atoms with Crippen LogP contribution in [0, 0.1) is 0 Å². The second-order valence-electron chi connectivity index (χ2n) is 5.68. The lowest BCUT2D eigenvalue weighted by Gasteiger charge is -2.38. The number of piperidine rings is 1. The van der Waals surface area contributed by atoms with Crippen LogP contribution in [0.5, 0.6) is 0 Å². The summed E-state index contributed by atoms with van der Waals surface area (Å²) in [5.74, 6) is 0. The molecule has 0 radical (unpaired) electrons. The summed E-state index contributed by atoms with van der Waals surface area (Å²) in [6.45, 7) is 3.45. The first kappa shape index (κ1) is 13.5. The fraction of sp³-hybridized carbons (Fsp3) is 0.667. The molecule has 1 aliphatic rings. The Kier molecular flexibility index (Phi) is 4.72. The van der Waals surface area contributed by atoms with E-state index in [4.69, 9.17) is 0 Å². The number of hydrogen-bond donors (Lipinski definition) is 1. The highest BCUT2D eigenvalue weighted by Gasteiger charge is 2.33. The fourth-order valence-corrected chi connectivity index (χ4v) is 3.00. The van der Waals surface area contributed by atoms with E-state index >= 15 is 0 Å². The molecule has 1 aromatic rings. The summed E-state index contributed by atoms with van der Waals surface area (Å²) in [4.78, 5) is 6.59. The van der Waals surface area contributed by atoms with Gasteiger partial charge in [-0.3, -0.25) is 4.98 Å². The first-order valence-electron chi connectivity index (χ1n) is 6.99. The van der Waals surface area contributed by atoms with Crippen LogP contribution in [0.2, 0.25) is 0 Å². The Morgan fingerprint density at radius 3 is 2.72 bits per heavy atom. The summed E-state index contributed by atoms with van der Waals surface area (Å²) in [5, 5.41) is 3.48. The van der Waals surface area contributed by atoms with Crippen molar-refractivity contribution < 1.29 is 0 Å². The van der Waals surface area contributed by atoms with Gasteiger partial charge in [-0.1, -0.05) is 6.07 Å². The third-order valence-electron chi connectivity index (χ3n) is 4.10. The van der Waals surface area contributed by atoms with Crippen molar-refractivity contribution in [3.63, 3.8) is 0 Å². The van der Waals surface area contributed by atoms with Crippen LogP contribution in [-0.2, 0) is 5.41 Å². The third-order valence-corrected chi connectivity index (χ3v) is 4.10. The topological polar surface area (TPSA) is 28.2 Å². The Bertz CT molecular complexity index is 342. The molecule has 0 aromatic carbocycles. The molecule has 1 aromatic heterocycles. The molecule has 1 N–H and O–H groups in total. The van der Waals surface area contributed by atoms with Crippen LogP contribution in [-0.4, -0.2) is 43.6 Å². The molecular formula is C15H25N3. The molecule has 0 saturated carbocycles. The molecule has 2 rings (SSSR count). The second-order valence-corrected chi connectivity index (χ2v) is 5.68. The van der Waals surface area contributed by atoms with Crippen molar-refractivity contribution in [2.24, 2.45) is 0 Å². The minimum absolute atomic E-state index is 0.357. The normalized spacial score (nSPS) is 19.1. The molecule has 100 valence electrons. The van der Waals surface area contributed by atoms with Gasteiger partial charge >= 0.3 is 0 Å². The van der Waals surface area contributed by atoms with Gasteiger partial charge in [0.05, 0.1) is 0 Å². The summed E-state index contributed by atoms with van der Waals surface area (Å²) in [6.07, 6.45) is 8.97. The molecule has 0 bridgehead atoms. The highest BCUT2D eigenvalue weighted by molar-refractivity contribution is 5.22. The summed E-state index contributed by atoms with van der Waals surface area (Å²) in [5.41, 5.74) is 1.79. The van der Waals surface area contributed by atoms with E-state index in [1.807, 2.05) is 6.20 Å². The molecule has 3 heteroatoms. The first-order chi connectivity index (χ1) is 8.73. The van der Waals surface area contributed by atoms with E-state index in [-0.39, 0.29) is 0 Å². The maximum atomic E-state index is 4.32. The SMILES string of the molecule is CN(C)CCCC1(c2cccnc2)CCNCC1. The largest absolute Gasteiger partial charge is 0.317 e. The average molecular weight is 247 g/mol. The monoisotopic (exact) mass is 247 g/mol. The zero-order valence-electron chi connectivity index (χ0n) is 11.7. The molecule has 1 saturated heterocycles. The van der Waals surface area contributed by atoms with Gasteiger partial charge in [-0.2, -0.15) is 0 Å². The van der Waals surface area contributed by atoms with Crippen LogP contribution < -0.4 is 5.32 Å². The Morgan fingerprint density at radius 1 is 1.33 bits per heavy atom. The lowest BCUT2D eigenvalue weighted by molar-refractivity contribution is 0.265. The maximum Gasteiger partial charge on any atom is 0.0305 e. The van der Waals surface area contributed by atoms with Crippen molar-refractivity contribution in [3.8, 4) is 0 Å². The van der Waals surface area contributed by atoms with Crippen LogP contribution >= 0.6 is 0 Å². The van der Waals surface area contributed by atoms with Gasteiger partial charge in [-0.25, -0.2) is 0 Å². The molecular weight excluding hydrogens is 222 g/mol. The van der Waals surface area contributed by atoms with Crippen molar-refractivity contribution in [2.45, 2.75) is 31.1 Å². The van der Waals surface area contributed by atoms with Gasteiger partial charge in [-0.15, -0.1) is 0 Å². The van der Waals surface area contributed by atoms with Crippen molar-refractivity contribution >= 4 is 0 Å². The van der Waals surface area contributed by atoms with E-state index in [0.29, 0.717) is 5.41 Å². The van der Waals surface area contributed by atoms with Gasteiger partial charge in [0.25, 0.3) is 0 Å². The third kappa shape index (κ3) is 3.30. The van der Waals surface area contributed by atoms with Gasteiger partial charge in [0.2, 0.25) is 0 Å². The van der Waals surface area contributed by atoms with E-state index < -0.39 is 0 Å². The van der Waals surface area contributed by atoms with Gasteiger partial charge < -0.3 is 10.2 Å². The molecule has 1 aliphatic heterocycles. The summed E-state index contributed by atoms with van der Waals surface area (Å²) < 4.78 is 0. The Morgan fingerprint density at radius 2 is 2.11 bits per heavy atom.